The number of carbonyl (C=O) groups excluding carboxylic acids is 1. The molecule has 4 rings (SSSR count). The van der Waals surface area contributed by atoms with Crippen molar-refractivity contribution >= 4 is 39.0 Å². The monoisotopic (exact) mass is 498 g/mol. The number of aromatic nitrogens is 2. The summed E-state index contributed by atoms with van der Waals surface area (Å²) >= 11 is 3.40. The van der Waals surface area contributed by atoms with Crippen molar-refractivity contribution in [2.24, 2.45) is 5.10 Å². The summed E-state index contributed by atoms with van der Waals surface area (Å²) in [6.07, 6.45) is 2.10. The van der Waals surface area contributed by atoms with E-state index in [1.807, 2.05) is 37.3 Å². The minimum atomic E-state index is -0.245. The van der Waals surface area contributed by atoms with Crippen LogP contribution in [0.5, 0.6) is 5.75 Å². The molecule has 0 N–H and O–H groups in total. The van der Waals surface area contributed by atoms with Crippen LogP contribution in [-0.4, -0.2) is 59.6 Å². The number of halogens is 1. The molecule has 1 saturated heterocycles. The van der Waals surface area contributed by atoms with Crippen LogP contribution in [0.3, 0.4) is 0 Å². The second-order valence-corrected chi connectivity index (χ2v) is 8.14. The molecule has 1 aliphatic heterocycles. The van der Waals surface area contributed by atoms with E-state index >= 15 is 0 Å². The molecule has 166 valence electrons. The quantitative estimate of drug-likeness (QED) is 0.487. The van der Waals surface area contributed by atoms with Gasteiger partial charge in [-0.05, 0) is 30.3 Å². The van der Waals surface area contributed by atoms with Crippen molar-refractivity contribution in [3.8, 4) is 5.75 Å². The molecule has 1 fully saturated rings. The number of benzene rings is 2. The zero-order valence-electron chi connectivity index (χ0n) is 17.7. The molecule has 1 amide bonds. The second kappa shape index (κ2) is 10.1. The third kappa shape index (κ3) is 4.89. The van der Waals surface area contributed by atoms with Gasteiger partial charge in [0.2, 0.25) is 0 Å². The van der Waals surface area contributed by atoms with E-state index in [0.717, 1.165) is 4.47 Å². The first-order valence-electron chi connectivity index (χ1n) is 10.4. The van der Waals surface area contributed by atoms with Crippen molar-refractivity contribution in [3.63, 3.8) is 0 Å². The Kier molecular flexibility index (Phi) is 6.96. The van der Waals surface area contributed by atoms with E-state index in [1.54, 1.807) is 23.2 Å². The number of rotatable bonds is 6. The van der Waals surface area contributed by atoms with E-state index < -0.39 is 0 Å². The van der Waals surface area contributed by atoms with E-state index in [2.05, 4.69) is 26.0 Å². The van der Waals surface area contributed by atoms with Crippen LogP contribution in [0.15, 0.2) is 56.8 Å². The van der Waals surface area contributed by atoms with Gasteiger partial charge in [-0.25, -0.2) is 4.98 Å². The van der Waals surface area contributed by atoms with Crippen molar-refractivity contribution in [1.82, 2.24) is 14.6 Å². The van der Waals surface area contributed by atoms with Gasteiger partial charge in [-0.1, -0.05) is 35.0 Å². The summed E-state index contributed by atoms with van der Waals surface area (Å²) in [6.45, 7) is 4.07. The topological polar surface area (TPSA) is 86.0 Å². The molecule has 9 heteroatoms. The zero-order chi connectivity index (χ0) is 22.5. The number of fused-ring (bicyclic) bond motifs is 1. The smallest absolute Gasteiger partial charge is 0.282 e. The van der Waals surface area contributed by atoms with E-state index in [-0.39, 0.29) is 18.1 Å². The SMILES string of the molecule is CCc1nc2ccc(Br)cc2c(=O)n1N=Cc1ccccc1OCC(=O)N1CCOCC1. The van der Waals surface area contributed by atoms with Crippen LogP contribution in [-0.2, 0) is 16.0 Å². The van der Waals surface area contributed by atoms with Crippen molar-refractivity contribution in [1.29, 1.82) is 0 Å². The summed E-state index contributed by atoms with van der Waals surface area (Å²) in [4.78, 5) is 31.8. The lowest BCUT2D eigenvalue weighted by Gasteiger charge is -2.26. The van der Waals surface area contributed by atoms with Gasteiger partial charge in [0, 0.05) is 29.5 Å². The van der Waals surface area contributed by atoms with Crippen LogP contribution in [0.2, 0.25) is 0 Å². The van der Waals surface area contributed by atoms with E-state index in [4.69, 9.17) is 9.47 Å². The number of ether oxygens (including phenoxy) is 2. The lowest BCUT2D eigenvalue weighted by molar-refractivity contribution is -0.137. The van der Waals surface area contributed by atoms with Crippen molar-refractivity contribution in [3.05, 3.63) is 68.7 Å². The molecule has 0 bridgehead atoms. The van der Waals surface area contributed by atoms with Crippen LogP contribution in [0.4, 0.5) is 0 Å². The summed E-state index contributed by atoms with van der Waals surface area (Å²) in [7, 11) is 0. The largest absolute Gasteiger partial charge is 0.483 e. The fourth-order valence-electron chi connectivity index (χ4n) is 3.42. The molecule has 32 heavy (non-hydrogen) atoms. The van der Waals surface area contributed by atoms with Crippen LogP contribution in [0, 0.1) is 0 Å². The van der Waals surface area contributed by atoms with Crippen LogP contribution < -0.4 is 10.3 Å². The zero-order valence-corrected chi connectivity index (χ0v) is 19.2. The molecule has 1 aromatic heterocycles. The first kappa shape index (κ1) is 22.2. The second-order valence-electron chi connectivity index (χ2n) is 7.22. The Balaban J connectivity index is 1.59. The average Bonchev–Trinajstić information content (AvgIpc) is 2.83. The highest BCUT2D eigenvalue weighted by Gasteiger charge is 2.17. The molecular weight excluding hydrogens is 476 g/mol. The molecule has 2 heterocycles. The van der Waals surface area contributed by atoms with Crippen LogP contribution in [0.1, 0.15) is 18.3 Å². The maximum Gasteiger partial charge on any atom is 0.282 e. The Morgan fingerprint density at radius 1 is 1.25 bits per heavy atom. The molecule has 0 spiro atoms. The molecule has 0 saturated carbocycles. The molecule has 0 atom stereocenters. The Hall–Kier alpha value is -3.04. The summed E-state index contributed by atoms with van der Waals surface area (Å²) < 4.78 is 13.2. The first-order valence-corrected chi connectivity index (χ1v) is 11.2. The summed E-state index contributed by atoms with van der Waals surface area (Å²) in [6, 6.07) is 12.7. The summed E-state index contributed by atoms with van der Waals surface area (Å²) in [5.74, 6) is 0.983. The summed E-state index contributed by atoms with van der Waals surface area (Å²) in [5, 5.41) is 4.89. The predicted octanol–water partition coefficient (Wildman–Crippen LogP) is 2.84. The number of aryl methyl sites for hydroxylation is 1. The number of morpholine rings is 1. The van der Waals surface area contributed by atoms with Crippen molar-refractivity contribution in [2.45, 2.75) is 13.3 Å². The molecule has 0 aliphatic carbocycles. The third-order valence-corrected chi connectivity index (χ3v) is 5.63. The Labute approximate surface area is 193 Å². The van der Waals surface area contributed by atoms with E-state index in [9.17, 15) is 9.59 Å². The highest BCUT2D eigenvalue weighted by Crippen LogP contribution is 2.18. The van der Waals surface area contributed by atoms with Gasteiger partial charge in [0.05, 0.1) is 30.3 Å². The average molecular weight is 499 g/mol. The number of para-hydroxylation sites is 1. The molecule has 1 aliphatic rings. The van der Waals surface area contributed by atoms with Gasteiger partial charge in [-0.15, -0.1) is 0 Å². The van der Waals surface area contributed by atoms with Crippen molar-refractivity contribution < 1.29 is 14.3 Å². The number of carbonyl (C=O) groups is 1. The molecule has 8 nitrogen and oxygen atoms in total. The van der Waals surface area contributed by atoms with Gasteiger partial charge < -0.3 is 14.4 Å². The Morgan fingerprint density at radius 3 is 2.81 bits per heavy atom. The molecule has 2 aromatic carbocycles. The van der Waals surface area contributed by atoms with E-state index in [1.165, 1.54) is 4.68 Å². The molecule has 3 aromatic rings. The summed E-state index contributed by atoms with van der Waals surface area (Å²) in [5.41, 5.74) is 1.04. The molecule has 0 unspecified atom stereocenters. The lowest BCUT2D eigenvalue weighted by atomic mass is 10.2. The van der Waals surface area contributed by atoms with E-state index in [0.29, 0.717) is 60.8 Å². The van der Waals surface area contributed by atoms with Crippen LogP contribution >= 0.6 is 15.9 Å². The number of hydrogen-bond donors (Lipinski definition) is 0. The van der Waals surface area contributed by atoms with Gasteiger partial charge in [0.15, 0.2) is 6.61 Å². The Morgan fingerprint density at radius 2 is 2.03 bits per heavy atom. The van der Waals surface area contributed by atoms with Gasteiger partial charge in [0.1, 0.15) is 11.6 Å². The highest BCUT2D eigenvalue weighted by molar-refractivity contribution is 9.10. The minimum Gasteiger partial charge on any atom is -0.483 e. The first-order chi connectivity index (χ1) is 15.6. The van der Waals surface area contributed by atoms with Crippen LogP contribution in [0.25, 0.3) is 10.9 Å². The maximum absolute atomic E-state index is 13.1. The van der Waals surface area contributed by atoms with Gasteiger partial charge in [-0.3, -0.25) is 9.59 Å². The maximum atomic E-state index is 13.1. The fraction of sp³-hybridized carbons (Fsp3) is 0.304. The fourth-order valence-corrected chi connectivity index (χ4v) is 3.79. The number of nitrogens with zero attached hydrogens (tertiary/aromatic N) is 4. The number of amides is 1. The molecule has 0 radical (unpaired) electrons. The highest BCUT2D eigenvalue weighted by atomic mass is 79.9. The molecular formula is C23H23BrN4O4. The minimum absolute atomic E-state index is 0.0728. The van der Waals surface area contributed by atoms with Crippen molar-refractivity contribution in [2.75, 3.05) is 32.9 Å². The lowest BCUT2D eigenvalue weighted by Crippen LogP contribution is -2.43. The van der Waals surface area contributed by atoms with Gasteiger partial charge in [0.25, 0.3) is 11.5 Å². The standard InChI is InChI=1S/C23H23BrN4O4/c1-2-21-26-19-8-7-17(24)13-18(19)23(30)28(21)25-14-16-5-3-4-6-20(16)32-15-22(29)27-9-11-31-12-10-27/h3-8,13-14H,2,9-12,15H2,1H3. The van der Waals surface area contributed by atoms with Gasteiger partial charge >= 0.3 is 0 Å². The normalized spacial score (nSPS) is 14.2. The number of hydrogen-bond acceptors (Lipinski definition) is 6. The third-order valence-electron chi connectivity index (χ3n) is 5.14. The Bertz CT molecular complexity index is 1220. The predicted molar refractivity (Wildman–Crippen MR) is 125 cm³/mol. The van der Waals surface area contributed by atoms with Gasteiger partial charge in [-0.2, -0.15) is 9.78 Å².